The minimum absolute atomic E-state index is 0.0738. The number of pyridine rings is 1. The summed E-state index contributed by atoms with van der Waals surface area (Å²) >= 11 is 0.933. The first-order valence-electron chi connectivity index (χ1n) is 17.3. The Labute approximate surface area is 311 Å². The van der Waals surface area contributed by atoms with Crippen LogP contribution in [0.15, 0.2) is 97.4 Å². The van der Waals surface area contributed by atoms with Crippen LogP contribution in [0.2, 0.25) is 0 Å². The van der Waals surface area contributed by atoms with E-state index in [1.54, 1.807) is 6.08 Å². The third-order valence-corrected chi connectivity index (χ3v) is 7.50. The standard InChI is InChI=1S/C39H53N3O9S/c1-4-5-6-7-8-9-10-11-12-13-14-15-16-17-18-19-20-21-24-34(44)51-52-29-28-41-33(43)25-27-42-36(45)35(39(2,3)31-49-38(47)48)50-37(46)32-23-22-26-40-30-32/h5-6,8-9,11-12,14-15,17-18,20-23,26,30,35H,4,7,10,13,16,19,24-25,27-29,31H2,1-3H3,(H,41,43)(H,42,45)(H,47,48)/b6-5-,9-8-,12-11-,15-14-,18-17-,21-20-/t35-/m0/s1. The van der Waals surface area contributed by atoms with E-state index in [1.165, 1.54) is 38.4 Å². The molecule has 0 bridgehead atoms. The molecule has 1 aromatic rings. The number of carbonyl (C=O) groups is 5. The summed E-state index contributed by atoms with van der Waals surface area (Å²) in [5.41, 5.74) is -1.13. The lowest BCUT2D eigenvalue weighted by atomic mass is 9.86. The van der Waals surface area contributed by atoms with E-state index >= 15 is 0 Å². The van der Waals surface area contributed by atoms with Crippen LogP contribution in [0.3, 0.4) is 0 Å². The normalized spacial score (nSPS) is 12.7. The number of carbonyl (C=O) groups excluding carboxylic acids is 4. The predicted octanol–water partition coefficient (Wildman–Crippen LogP) is 7.23. The molecule has 13 heteroatoms. The predicted molar refractivity (Wildman–Crippen MR) is 203 cm³/mol. The molecule has 1 rings (SSSR count). The summed E-state index contributed by atoms with van der Waals surface area (Å²) in [4.78, 5) is 64.5. The Hall–Kier alpha value is -4.91. The quantitative estimate of drug-likeness (QED) is 0.0379. The fraction of sp³-hybridized carbons (Fsp3) is 0.436. The van der Waals surface area contributed by atoms with Crippen molar-refractivity contribution in [2.24, 2.45) is 5.41 Å². The zero-order valence-electron chi connectivity index (χ0n) is 30.4. The zero-order valence-corrected chi connectivity index (χ0v) is 31.2. The molecule has 0 saturated heterocycles. The van der Waals surface area contributed by atoms with E-state index in [2.05, 4.69) is 82.0 Å². The topological polar surface area (TPSA) is 170 Å². The van der Waals surface area contributed by atoms with Gasteiger partial charge in [0.2, 0.25) is 5.91 Å². The van der Waals surface area contributed by atoms with Gasteiger partial charge in [-0.3, -0.25) is 19.4 Å². The number of nitrogens with one attached hydrogen (secondary N) is 2. The Morgan fingerprint density at radius 1 is 0.846 bits per heavy atom. The third kappa shape index (κ3) is 23.5. The van der Waals surface area contributed by atoms with Gasteiger partial charge in [-0.2, -0.15) is 0 Å². The van der Waals surface area contributed by atoms with Crippen LogP contribution in [-0.2, 0) is 28.0 Å². The number of rotatable bonds is 26. The van der Waals surface area contributed by atoms with Gasteiger partial charge in [-0.25, -0.2) is 9.59 Å². The smallest absolute Gasteiger partial charge is 0.450 e. The van der Waals surface area contributed by atoms with Gasteiger partial charge in [0.1, 0.15) is 6.61 Å². The van der Waals surface area contributed by atoms with Gasteiger partial charge in [0.15, 0.2) is 6.10 Å². The summed E-state index contributed by atoms with van der Waals surface area (Å²) in [6.45, 7) is 4.89. The van der Waals surface area contributed by atoms with Gasteiger partial charge < -0.3 is 29.4 Å². The monoisotopic (exact) mass is 739 g/mol. The molecule has 0 aromatic carbocycles. The van der Waals surface area contributed by atoms with Gasteiger partial charge in [-0.05, 0) is 50.7 Å². The second kappa shape index (κ2) is 28.8. The first kappa shape index (κ1) is 45.1. The van der Waals surface area contributed by atoms with Crippen LogP contribution in [0.4, 0.5) is 4.79 Å². The van der Waals surface area contributed by atoms with E-state index in [1.807, 2.05) is 12.2 Å². The van der Waals surface area contributed by atoms with Crippen molar-refractivity contribution in [2.75, 3.05) is 25.4 Å². The summed E-state index contributed by atoms with van der Waals surface area (Å²) in [6.07, 6.45) is 30.4. The highest BCUT2D eigenvalue weighted by atomic mass is 32.2. The molecule has 0 aliphatic heterocycles. The van der Waals surface area contributed by atoms with Crippen molar-refractivity contribution in [3.63, 3.8) is 0 Å². The lowest BCUT2D eigenvalue weighted by molar-refractivity contribution is -0.138. The molecule has 0 spiro atoms. The second-order valence-corrected chi connectivity index (χ2v) is 12.7. The number of ether oxygens (including phenoxy) is 2. The highest BCUT2D eigenvalue weighted by molar-refractivity contribution is 7.95. The molecule has 0 aliphatic carbocycles. The molecule has 1 aromatic heterocycles. The maximum absolute atomic E-state index is 13.0. The molecular formula is C39H53N3O9S. The molecule has 0 aliphatic rings. The van der Waals surface area contributed by atoms with Crippen molar-refractivity contribution in [3.8, 4) is 0 Å². The van der Waals surface area contributed by atoms with Crippen LogP contribution in [0.1, 0.15) is 82.5 Å². The number of hydrogen-bond acceptors (Lipinski definition) is 10. The fourth-order valence-corrected chi connectivity index (χ4v) is 4.57. The molecule has 0 unspecified atom stereocenters. The van der Waals surface area contributed by atoms with Crippen LogP contribution in [0.25, 0.3) is 0 Å². The van der Waals surface area contributed by atoms with Crippen molar-refractivity contribution >= 4 is 42.0 Å². The number of aromatic nitrogens is 1. The number of amides is 2. The molecule has 1 atom stereocenters. The SMILES string of the molecule is CC/C=C\C/C=C\C/C=C\C/C=C\C/C=C\C/C=C\CC(=O)OSCCNC(=O)CCNC(=O)[C@H](OC(=O)c1cccnc1)C(C)(C)COC(=O)O. The summed E-state index contributed by atoms with van der Waals surface area (Å²) < 4.78 is 15.2. The minimum atomic E-state index is -1.54. The average molecular weight is 740 g/mol. The van der Waals surface area contributed by atoms with Crippen molar-refractivity contribution in [3.05, 3.63) is 103 Å². The van der Waals surface area contributed by atoms with Crippen molar-refractivity contribution in [1.82, 2.24) is 15.6 Å². The van der Waals surface area contributed by atoms with E-state index in [0.29, 0.717) is 12.2 Å². The maximum Gasteiger partial charge on any atom is 0.505 e. The second-order valence-electron chi connectivity index (χ2n) is 11.9. The Morgan fingerprint density at radius 3 is 1.96 bits per heavy atom. The molecule has 1 heterocycles. The first-order valence-corrected chi connectivity index (χ1v) is 18.2. The van der Waals surface area contributed by atoms with Crippen LogP contribution in [0, 0.1) is 5.41 Å². The Bertz CT molecular complexity index is 1400. The maximum atomic E-state index is 13.0. The van der Waals surface area contributed by atoms with E-state index in [4.69, 9.17) is 14.0 Å². The van der Waals surface area contributed by atoms with Gasteiger partial charge in [-0.1, -0.05) is 93.7 Å². The van der Waals surface area contributed by atoms with Crippen molar-refractivity contribution in [1.29, 1.82) is 0 Å². The molecule has 52 heavy (non-hydrogen) atoms. The largest absolute Gasteiger partial charge is 0.505 e. The van der Waals surface area contributed by atoms with E-state index in [-0.39, 0.29) is 37.4 Å². The Balaban J connectivity index is 2.23. The average Bonchev–Trinajstić information content (AvgIpc) is 3.12. The minimum Gasteiger partial charge on any atom is -0.450 e. The highest BCUT2D eigenvalue weighted by Crippen LogP contribution is 2.25. The van der Waals surface area contributed by atoms with Gasteiger partial charge in [-0.15, -0.1) is 0 Å². The molecule has 0 fully saturated rings. The van der Waals surface area contributed by atoms with E-state index < -0.39 is 42.1 Å². The lowest BCUT2D eigenvalue weighted by Gasteiger charge is -2.31. The van der Waals surface area contributed by atoms with Crippen LogP contribution in [-0.4, -0.2) is 71.6 Å². The third-order valence-electron chi connectivity index (χ3n) is 6.83. The van der Waals surface area contributed by atoms with Crippen molar-refractivity contribution < 1.29 is 42.7 Å². The van der Waals surface area contributed by atoms with Crippen LogP contribution >= 0.6 is 12.0 Å². The highest BCUT2D eigenvalue weighted by Gasteiger charge is 2.40. The van der Waals surface area contributed by atoms with E-state index in [0.717, 1.165) is 44.1 Å². The van der Waals surface area contributed by atoms with Gasteiger partial charge in [0, 0.05) is 43.1 Å². The molecule has 12 nitrogen and oxygen atoms in total. The zero-order chi connectivity index (χ0) is 38.3. The van der Waals surface area contributed by atoms with Gasteiger partial charge in [0.05, 0.1) is 24.0 Å². The summed E-state index contributed by atoms with van der Waals surface area (Å²) in [5, 5.41) is 14.1. The van der Waals surface area contributed by atoms with Crippen LogP contribution in [0.5, 0.6) is 0 Å². The molecular weight excluding hydrogens is 687 g/mol. The summed E-state index contributed by atoms with van der Waals surface area (Å²) in [7, 11) is 0. The number of hydrogen-bond donors (Lipinski definition) is 3. The number of esters is 1. The number of nitrogens with zero attached hydrogens (tertiary/aromatic N) is 1. The number of carboxylic acid groups (broad SMARTS) is 1. The van der Waals surface area contributed by atoms with Gasteiger partial charge in [0.25, 0.3) is 5.91 Å². The number of allylic oxidation sites excluding steroid dienone is 11. The van der Waals surface area contributed by atoms with E-state index in [9.17, 15) is 24.0 Å². The Kier molecular flexibility index (Phi) is 24.9. The Morgan fingerprint density at radius 2 is 1.42 bits per heavy atom. The molecule has 284 valence electrons. The summed E-state index contributed by atoms with van der Waals surface area (Å²) in [5.74, 6) is -1.97. The summed E-state index contributed by atoms with van der Waals surface area (Å²) in [6, 6.07) is 2.99. The fourth-order valence-electron chi connectivity index (χ4n) is 4.11. The molecule has 0 radical (unpaired) electrons. The van der Waals surface area contributed by atoms with Crippen LogP contribution < -0.4 is 10.6 Å². The van der Waals surface area contributed by atoms with Gasteiger partial charge >= 0.3 is 18.1 Å². The lowest BCUT2D eigenvalue weighted by Crippen LogP contribution is -2.49. The van der Waals surface area contributed by atoms with Crippen molar-refractivity contribution in [2.45, 2.75) is 78.2 Å². The molecule has 3 N–H and O–H groups in total. The molecule has 0 saturated carbocycles. The molecule has 2 amide bonds. The first-order chi connectivity index (χ1) is 25.1.